The number of fused-ring (bicyclic) bond motifs is 1. The van der Waals surface area contributed by atoms with Gasteiger partial charge in [0.15, 0.2) is 0 Å². The van der Waals surface area contributed by atoms with E-state index in [0.29, 0.717) is 0 Å². The lowest BCUT2D eigenvalue weighted by Gasteiger charge is -2.05. The first kappa shape index (κ1) is 11.0. The van der Waals surface area contributed by atoms with Crippen LogP contribution in [0.2, 0.25) is 0 Å². The predicted octanol–water partition coefficient (Wildman–Crippen LogP) is 2.07. The average Bonchev–Trinajstić information content (AvgIpc) is 2.96. The maximum Gasteiger partial charge on any atom is 0.0688 e. The molecule has 4 heteroatoms. The second-order valence-corrected chi connectivity index (χ2v) is 4.56. The molecule has 1 aromatic carbocycles. The summed E-state index contributed by atoms with van der Waals surface area (Å²) in [6.07, 6.45) is 5.83. The van der Waals surface area contributed by atoms with E-state index in [1.54, 1.807) is 4.68 Å². The lowest BCUT2D eigenvalue weighted by atomic mass is 10.0. The van der Waals surface area contributed by atoms with Gasteiger partial charge in [-0.3, -0.25) is 4.68 Å². The lowest BCUT2D eigenvalue weighted by Crippen LogP contribution is -1.90. The molecule has 0 radical (unpaired) electrons. The first-order chi connectivity index (χ1) is 8.69. The Hall–Kier alpha value is -2.07. The summed E-state index contributed by atoms with van der Waals surface area (Å²) in [7, 11) is 3.91. The molecule has 0 atom stereocenters. The molecular formula is C14H15N3O. The van der Waals surface area contributed by atoms with Gasteiger partial charge in [-0.2, -0.15) is 5.10 Å². The third kappa shape index (κ3) is 1.62. The van der Waals surface area contributed by atoms with E-state index in [-0.39, 0.29) is 6.61 Å². The summed E-state index contributed by atoms with van der Waals surface area (Å²) in [5, 5.41) is 14.8. The smallest absolute Gasteiger partial charge is 0.0688 e. The number of hydrogen-bond acceptors (Lipinski definition) is 2. The highest BCUT2D eigenvalue weighted by Gasteiger charge is 2.08. The van der Waals surface area contributed by atoms with E-state index in [9.17, 15) is 5.11 Å². The Morgan fingerprint density at radius 2 is 2.06 bits per heavy atom. The van der Waals surface area contributed by atoms with Crippen LogP contribution in [-0.2, 0) is 20.7 Å². The summed E-state index contributed by atoms with van der Waals surface area (Å²) in [5.41, 5.74) is 4.23. The van der Waals surface area contributed by atoms with Crippen molar-refractivity contribution in [2.75, 3.05) is 0 Å². The van der Waals surface area contributed by atoms with Gasteiger partial charge in [0.05, 0.1) is 12.8 Å². The van der Waals surface area contributed by atoms with Crippen LogP contribution in [0.5, 0.6) is 0 Å². The van der Waals surface area contributed by atoms with Crippen LogP contribution in [0.4, 0.5) is 0 Å². The van der Waals surface area contributed by atoms with Gasteiger partial charge in [0.1, 0.15) is 0 Å². The van der Waals surface area contributed by atoms with Crippen LogP contribution >= 0.6 is 0 Å². The molecule has 4 nitrogen and oxygen atoms in total. The number of rotatable bonds is 2. The van der Waals surface area contributed by atoms with E-state index in [4.69, 9.17) is 0 Å². The van der Waals surface area contributed by atoms with Gasteiger partial charge >= 0.3 is 0 Å². The molecular weight excluding hydrogens is 226 g/mol. The Bertz CT molecular complexity index is 709. The van der Waals surface area contributed by atoms with Gasteiger partial charge in [0.25, 0.3) is 0 Å². The van der Waals surface area contributed by atoms with E-state index >= 15 is 0 Å². The third-order valence-electron chi connectivity index (χ3n) is 3.30. The third-order valence-corrected chi connectivity index (χ3v) is 3.30. The number of aryl methyl sites for hydroxylation is 2. The van der Waals surface area contributed by atoms with E-state index in [2.05, 4.69) is 15.7 Å². The van der Waals surface area contributed by atoms with Crippen molar-refractivity contribution in [1.29, 1.82) is 0 Å². The largest absolute Gasteiger partial charge is 0.392 e. The molecule has 1 N–H and O–H groups in total. The SMILES string of the molecule is Cn1cc(-c2cc(CO)c3ccn(C)c3c2)cn1. The minimum Gasteiger partial charge on any atom is -0.392 e. The first-order valence-electron chi connectivity index (χ1n) is 5.87. The quantitative estimate of drug-likeness (QED) is 0.746. The molecule has 92 valence electrons. The number of benzene rings is 1. The maximum absolute atomic E-state index is 9.49. The molecule has 0 saturated carbocycles. The zero-order chi connectivity index (χ0) is 12.7. The van der Waals surface area contributed by atoms with Crippen molar-refractivity contribution in [2.24, 2.45) is 14.1 Å². The van der Waals surface area contributed by atoms with Crippen LogP contribution in [0.3, 0.4) is 0 Å². The van der Waals surface area contributed by atoms with Gasteiger partial charge in [-0.05, 0) is 29.3 Å². The second-order valence-electron chi connectivity index (χ2n) is 4.56. The standard InChI is InChI=1S/C14H15N3O/c1-16-4-3-13-11(9-18)5-10(6-14(13)16)12-7-15-17(2)8-12/h3-8,18H,9H2,1-2H3. The van der Waals surface area contributed by atoms with Crippen LogP contribution in [0.1, 0.15) is 5.56 Å². The van der Waals surface area contributed by atoms with E-state index in [0.717, 1.165) is 27.6 Å². The molecule has 3 aromatic rings. The normalized spacial score (nSPS) is 11.3. The zero-order valence-corrected chi connectivity index (χ0v) is 10.5. The van der Waals surface area contributed by atoms with Crippen molar-refractivity contribution in [3.05, 3.63) is 42.4 Å². The Morgan fingerprint density at radius 1 is 1.22 bits per heavy atom. The number of nitrogens with zero attached hydrogens (tertiary/aromatic N) is 3. The molecule has 2 aromatic heterocycles. The molecule has 2 heterocycles. The summed E-state index contributed by atoms with van der Waals surface area (Å²) in [5.74, 6) is 0. The number of aliphatic hydroxyl groups excluding tert-OH is 1. The molecule has 0 fully saturated rings. The molecule has 0 aliphatic rings. The van der Waals surface area contributed by atoms with Gasteiger partial charge < -0.3 is 9.67 Å². The van der Waals surface area contributed by atoms with Crippen molar-refractivity contribution in [3.8, 4) is 11.1 Å². The number of hydrogen-bond donors (Lipinski definition) is 1. The molecule has 3 rings (SSSR count). The predicted molar refractivity (Wildman–Crippen MR) is 71.0 cm³/mol. The van der Waals surface area contributed by atoms with Crippen LogP contribution < -0.4 is 0 Å². The number of aliphatic hydroxyl groups is 1. The summed E-state index contributed by atoms with van der Waals surface area (Å²) >= 11 is 0. The Balaban J connectivity index is 2.27. The van der Waals surface area contributed by atoms with E-state index < -0.39 is 0 Å². The molecule has 0 amide bonds. The minimum absolute atomic E-state index is 0.0502. The van der Waals surface area contributed by atoms with Crippen molar-refractivity contribution < 1.29 is 5.11 Å². The van der Waals surface area contributed by atoms with Crippen LogP contribution in [0.25, 0.3) is 22.0 Å². The lowest BCUT2D eigenvalue weighted by molar-refractivity contribution is 0.283. The van der Waals surface area contributed by atoms with Crippen molar-refractivity contribution in [1.82, 2.24) is 14.3 Å². The highest BCUT2D eigenvalue weighted by Crippen LogP contribution is 2.28. The molecule has 0 bridgehead atoms. The summed E-state index contributed by atoms with van der Waals surface area (Å²) in [6.45, 7) is 0.0502. The van der Waals surface area contributed by atoms with Crippen molar-refractivity contribution >= 4 is 10.9 Å². The minimum atomic E-state index is 0.0502. The fourth-order valence-corrected chi connectivity index (χ4v) is 2.32. The van der Waals surface area contributed by atoms with Crippen molar-refractivity contribution in [3.63, 3.8) is 0 Å². The maximum atomic E-state index is 9.49. The zero-order valence-electron chi connectivity index (χ0n) is 10.5. The molecule has 0 saturated heterocycles. The Kier molecular flexibility index (Phi) is 2.45. The summed E-state index contributed by atoms with van der Waals surface area (Å²) in [6, 6.07) is 6.19. The monoisotopic (exact) mass is 241 g/mol. The van der Waals surface area contributed by atoms with Crippen molar-refractivity contribution in [2.45, 2.75) is 6.61 Å². The van der Waals surface area contributed by atoms with Crippen LogP contribution in [0, 0.1) is 0 Å². The topological polar surface area (TPSA) is 43.0 Å². The fraction of sp³-hybridized carbons (Fsp3) is 0.214. The molecule has 0 unspecified atom stereocenters. The van der Waals surface area contributed by atoms with Crippen LogP contribution in [0.15, 0.2) is 36.8 Å². The Labute approximate surface area is 105 Å². The number of aromatic nitrogens is 3. The molecule has 0 spiro atoms. The molecule has 18 heavy (non-hydrogen) atoms. The van der Waals surface area contributed by atoms with Gasteiger partial charge in [0.2, 0.25) is 0 Å². The van der Waals surface area contributed by atoms with Crippen LogP contribution in [-0.4, -0.2) is 19.5 Å². The average molecular weight is 241 g/mol. The molecule has 0 aliphatic heterocycles. The van der Waals surface area contributed by atoms with Gasteiger partial charge in [0, 0.05) is 43.0 Å². The fourth-order valence-electron chi connectivity index (χ4n) is 2.32. The summed E-state index contributed by atoms with van der Waals surface area (Å²) in [4.78, 5) is 0. The second kappa shape index (κ2) is 3.99. The van der Waals surface area contributed by atoms with E-state index in [1.807, 2.05) is 44.8 Å². The molecule has 0 aliphatic carbocycles. The first-order valence-corrected chi connectivity index (χ1v) is 5.87. The van der Waals surface area contributed by atoms with Gasteiger partial charge in [-0.1, -0.05) is 0 Å². The van der Waals surface area contributed by atoms with Gasteiger partial charge in [-0.25, -0.2) is 0 Å². The highest BCUT2D eigenvalue weighted by atomic mass is 16.3. The highest BCUT2D eigenvalue weighted by molar-refractivity contribution is 5.88. The summed E-state index contributed by atoms with van der Waals surface area (Å²) < 4.78 is 3.84. The van der Waals surface area contributed by atoms with E-state index in [1.165, 1.54) is 0 Å². The van der Waals surface area contributed by atoms with Gasteiger partial charge in [-0.15, -0.1) is 0 Å². The Morgan fingerprint density at radius 3 is 2.72 bits per heavy atom.